The number of ether oxygens (including phenoxy) is 1. The van der Waals surface area contributed by atoms with Crippen molar-refractivity contribution in [2.24, 2.45) is 10.7 Å². The van der Waals surface area contributed by atoms with Crippen molar-refractivity contribution in [2.45, 2.75) is 26.7 Å². The second-order valence-corrected chi connectivity index (χ2v) is 5.97. The summed E-state index contributed by atoms with van der Waals surface area (Å²) in [5.41, 5.74) is 9.56. The molecule has 0 fully saturated rings. The van der Waals surface area contributed by atoms with Gasteiger partial charge in [0, 0.05) is 7.05 Å². The zero-order chi connectivity index (χ0) is 17.4. The molecule has 0 aliphatic heterocycles. The Bertz CT molecular complexity index is 661. The van der Waals surface area contributed by atoms with Crippen molar-refractivity contribution >= 4 is 33.3 Å². The van der Waals surface area contributed by atoms with E-state index in [-0.39, 0.29) is 5.97 Å². The highest BCUT2D eigenvalue weighted by atomic mass is 79.9. The monoisotopic (exact) mass is 378 g/mol. The molecule has 0 bridgehead atoms. The topological polar surface area (TPSA) is 64.7 Å². The minimum Gasteiger partial charge on any atom is -0.465 e. The maximum absolute atomic E-state index is 11.8. The first-order chi connectivity index (χ1) is 10.9. The van der Waals surface area contributed by atoms with Crippen molar-refractivity contribution in [3.8, 4) is 0 Å². The number of carbonyl (C=O) groups excluding carboxylic acids is 1. The number of halogens is 1. The minimum absolute atomic E-state index is 0.350. The predicted molar refractivity (Wildman–Crippen MR) is 99.8 cm³/mol. The van der Waals surface area contributed by atoms with Crippen LogP contribution in [0.15, 0.2) is 45.4 Å². The molecule has 1 rings (SSSR count). The first kappa shape index (κ1) is 19.2. The molecule has 4 nitrogen and oxygen atoms in total. The molecule has 0 saturated heterocycles. The first-order valence-electron chi connectivity index (χ1n) is 7.42. The van der Waals surface area contributed by atoms with Crippen LogP contribution in [0.25, 0.3) is 5.57 Å². The van der Waals surface area contributed by atoms with E-state index < -0.39 is 0 Å². The van der Waals surface area contributed by atoms with E-state index in [0.29, 0.717) is 15.9 Å². The maximum atomic E-state index is 11.8. The van der Waals surface area contributed by atoms with Crippen LogP contribution in [-0.2, 0) is 4.74 Å². The number of esters is 1. The molecule has 0 amide bonds. The molecule has 0 unspecified atom stereocenters. The number of hydrogen-bond acceptors (Lipinski definition) is 3. The number of hydrogen-bond donors (Lipinski definition) is 1. The van der Waals surface area contributed by atoms with Crippen LogP contribution in [0.4, 0.5) is 0 Å². The Kier molecular flexibility index (Phi) is 7.75. The van der Waals surface area contributed by atoms with Gasteiger partial charge in [0.15, 0.2) is 0 Å². The number of amidine groups is 1. The second-order valence-electron chi connectivity index (χ2n) is 5.12. The Morgan fingerprint density at radius 3 is 2.61 bits per heavy atom. The molecule has 1 aromatic rings. The van der Waals surface area contributed by atoms with Crippen LogP contribution in [0.2, 0.25) is 0 Å². The van der Waals surface area contributed by atoms with Crippen molar-refractivity contribution in [3.05, 3.63) is 51.5 Å². The van der Waals surface area contributed by atoms with E-state index in [1.165, 1.54) is 12.7 Å². The average Bonchev–Trinajstić information content (AvgIpc) is 2.58. The summed E-state index contributed by atoms with van der Waals surface area (Å²) in [6, 6.07) is 7.38. The smallest absolute Gasteiger partial charge is 0.337 e. The zero-order valence-corrected chi connectivity index (χ0v) is 15.6. The first-order valence-corrected chi connectivity index (χ1v) is 8.22. The van der Waals surface area contributed by atoms with Gasteiger partial charge in [-0.3, -0.25) is 4.99 Å². The van der Waals surface area contributed by atoms with E-state index in [4.69, 9.17) is 10.5 Å². The number of rotatable bonds is 6. The third kappa shape index (κ3) is 5.36. The lowest BCUT2D eigenvalue weighted by atomic mass is 9.96. The standard InChI is InChI=1S/C18H23BrN2O2/c1-5-7-12(2)15(11-16(19)17(20)21-3)13-8-6-9-14(10-13)18(22)23-4/h6,8-11H,5,7H2,1-4H3,(H2,20,21)/b15-12+,16-11+. The van der Waals surface area contributed by atoms with Gasteiger partial charge in [0.2, 0.25) is 0 Å². The summed E-state index contributed by atoms with van der Waals surface area (Å²) in [4.78, 5) is 15.7. The van der Waals surface area contributed by atoms with Gasteiger partial charge >= 0.3 is 5.97 Å². The number of aliphatic imine (C=N–C) groups is 1. The van der Waals surface area contributed by atoms with Crippen molar-refractivity contribution in [2.75, 3.05) is 14.2 Å². The maximum Gasteiger partial charge on any atom is 0.337 e. The van der Waals surface area contributed by atoms with E-state index in [1.807, 2.05) is 24.3 Å². The van der Waals surface area contributed by atoms with E-state index in [0.717, 1.165) is 24.0 Å². The summed E-state index contributed by atoms with van der Waals surface area (Å²) >= 11 is 3.46. The van der Waals surface area contributed by atoms with Gasteiger partial charge in [-0.1, -0.05) is 31.1 Å². The van der Waals surface area contributed by atoms with E-state index in [1.54, 1.807) is 13.1 Å². The number of allylic oxidation sites excluding steroid dienone is 3. The quantitative estimate of drug-likeness (QED) is 0.347. The van der Waals surface area contributed by atoms with Crippen molar-refractivity contribution in [1.82, 2.24) is 0 Å². The lowest BCUT2D eigenvalue weighted by Gasteiger charge is -2.11. The van der Waals surface area contributed by atoms with Crippen LogP contribution >= 0.6 is 15.9 Å². The molecule has 0 saturated carbocycles. The molecule has 5 heteroatoms. The fourth-order valence-corrected chi connectivity index (χ4v) is 2.61. The Hall–Kier alpha value is -1.88. The van der Waals surface area contributed by atoms with Crippen molar-refractivity contribution in [3.63, 3.8) is 0 Å². The molecule has 23 heavy (non-hydrogen) atoms. The summed E-state index contributed by atoms with van der Waals surface area (Å²) < 4.78 is 5.51. The molecule has 2 N–H and O–H groups in total. The van der Waals surface area contributed by atoms with E-state index in [9.17, 15) is 4.79 Å². The van der Waals surface area contributed by atoms with Gasteiger partial charge in [-0.05, 0) is 58.6 Å². The van der Waals surface area contributed by atoms with Gasteiger partial charge in [0.25, 0.3) is 0 Å². The van der Waals surface area contributed by atoms with Gasteiger partial charge in [-0.2, -0.15) is 0 Å². The number of nitrogens with zero attached hydrogens (tertiary/aromatic N) is 1. The number of benzene rings is 1. The Balaban J connectivity index is 3.43. The predicted octanol–water partition coefficient (Wildman–Crippen LogP) is 4.31. The fraction of sp³-hybridized carbons (Fsp3) is 0.333. The molecule has 0 aliphatic carbocycles. The second kappa shape index (κ2) is 9.30. The molecule has 0 aliphatic rings. The van der Waals surface area contributed by atoms with Gasteiger partial charge in [-0.25, -0.2) is 4.79 Å². The number of carbonyl (C=O) groups is 1. The van der Waals surface area contributed by atoms with Gasteiger partial charge in [0.1, 0.15) is 5.84 Å². The Morgan fingerprint density at radius 1 is 1.39 bits per heavy atom. The van der Waals surface area contributed by atoms with Crippen LogP contribution in [0.5, 0.6) is 0 Å². The Labute approximate surface area is 146 Å². The van der Waals surface area contributed by atoms with Crippen LogP contribution in [-0.4, -0.2) is 26.0 Å². The number of nitrogens with two attached hydrogens (primary N) is 1. The van der Waals surface area contributed by atoms with Crippen molar-refractivity contribution < 1.29 is 9.53 Å². The molecular formula is C18H23BrN2O2. The summed E-state index contributed by atoms with van der Waals surface area (Å²) in [5.74, 6) is 0.0768. The fourth-order valence-electron chi connectivity index (χ4n) is 2.20. The van der Waals surface area contributed by atoms with E-state index in [2.05, 4.69) is 34.8 Å². The van der Waals surface area contributed by atoms with Crippen LogP contribution in [0.3, 0.4) is 0 Å². The van der Waals surface area contributed by atoms with Gasteiger partial charge < -0.3 is 10.5 Å². The average molecular weight is 379 g/mol. The summed E-state index contributed by atoms with van der Waals surface area (Å²) in [6.07, 6.45) is 3.94. The van der Waals surface area contributed by atoms with Crippen LogP contribution in [0.1, 0.15) is 42.6 Å². The van der Waals surface area contributed by atoms with E-state index >= 15 is 0 Å². The molecule has 0 atom stereocenters. The zero-order valence-electron chi connectivity index (χ0n) is 14.0. The highest BCUT2D eigenvalue weighted by Crippen LogP contribution is 2.27. The molecule has 0 radical (unpaired) electrons. The third-order valence-electron chi connectivity index (χ3n) is 3.44. The highest BCUT2D eigenvalue weighted by molar-refractivity contribution is 9.12. The lowest BCUT2D eigenvalue weighted by Crippen LogP contribution is -2.11. The van der Waals surface area contributed by atoms with Crippen LogP contribution in [0, 0.1) is 0 Å². The van der Waals surface area contributed by atoms with Gasteiger partial charge in [-0.15, -0.1) is 0 Å². The molecule has 0 spiro atoms. The van der Waals surface area contributed by atoms with Crippen LogP contribution < -0.4 is 5.73 Å². The SMILES string of the molecule is CCC/C(C)=C(\C=C(\Br)C(N)=NC)c1cccc(C(=O)OC)c1. The lowest BCUT2D eigenvalue weighted by molar-refractivity contribution is 0.0600. The summed E-state index contributed by atoms with van der Waals surface area (Å²) in [6.45, 7) is 4.21. The third-order valence-corrected chi connectivity index (χ3v) is 4.07. The highest BCUT2D eigenvalue weighted by Gasteiger charge is 2.10. The number of methoxy groups -OCH3 is 1. The summed E-state index contributed by atoms with van der Waals surface area (Å²) in [5, 5.41) is 0. The van der Waals surface area contributed by atoms with Gasteiger partial charge in [0.05, 0.1) is 17.2 Å². The molecular weight excluding hydrogens is 356 g/mol. The molecule has 124 valence electrons. The molecule has 0 aromatic heterocycles. The van der Waals surface area contributed by atoms with Crippen molar-refractivity contribution in [1.29, 1.82) is 0 Å². The molecule has 1 aromatic carbocycles. The largest absolute Gasteiger partial charge is 0.465 e. The minimum atomic E-state index is -0.350. The normalized spacial score (nSPS) is 13.6. The molecule has 0 heterocycles. The Morgan fingerprint density at radius 2 is 2.04 bits per heavy atom. The summed E-state index contributed by atoms with van der Waals surface area (Å²) in [7, 11) is 3.02.